The Balaban J connectivity index is 1.41. The highest BCUT2D eigenvalue weighted by Crippen LogP contribution is 2.28. The predicted octanol–water partition coefficient (Wildman–Crippen LogP) is 2.54. The third kappa shape index (κ3) is 4.09. The third-order valence-corrected chi connectivity index (χ3v) is 7.18. The fraction of sp³-hybridized carbons (Fsp3) is 0.450. The number of aromatic nitrogens is 2. The smallest absolute Gasteiger partial charge is 0.152 e. The van der Waals surface area contributed by atoms with Gasteiger partial charge in [0.05, 0.1) is 30.9 Å². The topological polar surface area (TPSA) is 64.4 Å². The first-order chi connectivity index (χ1) is 13.0. The highest BCUT2D eigenvalue weighted by molar-refractivity contribution is 7.91. The highest BCUT2D eigenvalue weighted by Gasteiger charge is 2.29. The van der Waals surface area contributed by atoms with Crippen LogP contribution < -0.4 is 4.74 Å². The monoisotopic (exact) mass is 387 g/mol. The summed E-state index contributed by atoms with van der Waals surface area (Å²) in [6.07, 6.45) is 7.75. The van der Waals surface area contributed by atoms with Crippen LogP contribution in [0.25, 0.3) is 5.57 Å². The molecule has 3 heterocycles. The number of rotatable bonds is 5. The largest absolute Gasteiger partial charge is 0.496 e. The SMILES string of the molecule is COc1ccccc1CN1CC=C(c2cnn([C@H]3CCS(=O)(=O)C3)c2)CC1. The Kier molecular flexibility index (Phi) is 5.06. The van der Waals surface area contributed by atoms with Gasteiger partial charge < -0.3 is 4.74 Å². The number of sulfone groups is 1. The summed E-state index contributed by atoms with van der Waals surface area (Å²) in [4.78, 5) is 2.40. The second-order valence-electron chi connectivity index (χ2n) is 7.29. The van der Waals surface area contributed by atoms with Crippen molar-refractivity contribution >= 4 is 15.4 Å². The van der Waals surface area contributed by atoms with Gasteiger partial charge in [-0.2, -0.15) is 5.10 Å². The van der Waals surface area contributed by atoms with Crippen LogP contribution in [0, 0.1) is 0 Å². The summed E-state index contributed by atoms with van der Waals surface area (Å²) in [6.45, 7) is 2.73. The molecular weight excluding hydrogens is 362 g/mol. The van der Waals surface area contributed by atoms with Gasteiger partial charge >= 0.3 is 0 Å². The molecule has 27 heavy (non-hydrogen) atoms. The van der Waals surface area contributed by atoms with E-state index >= 15 is 0 Å². The Hall–Kier alpha value is -2.12. The molecule has 2 aromatic rings. The summed E-state index contributed by atoms with van der Waals surface area (Å²) in [7, 11) is -1.19. The summed E-state index contributed by atoms with van der Waals surface area (Å²) < 4.78 is 30.7. The number of hydrogen-bond acceptors (Lipinski definition) is 5. The van der Waals surface area contributed by atoms with Gasteiger partial charge in [-0.05, 0) is 24.5 Å². The van der Waals surface area contributed by atoms with E-state index in [4.69, 9.17) is 4.74 Å². The Morgan fingerprint density at radius 2 is 2.15 bits per heavy atom. The van der Waals surface area contributed by atoms with Crippen molar-refractivity contribution in [3.05, 3.63) is 53.9 Å². The fourth-order valence-corrected chi connectivity index (χ4v) is 5.58. The van der Waals surface area contributed by atoms with Crippen molar-refractivity contribution in [1.29, 1.82) is 0 Å². The Morgan fingerprint density at radius 3 is 2.85 bits per heavy atom. The van der Waals surface area contributed by atoms with Crippen molar-refractivity contribution < 1.29 is 13.2 Å². The Bertz CT molecular complexity index is 949. The number of methoxy groups -OCH3 is 1. The Labute approximate surface area is 160 Å². The van der Waals surface area contributed by atoms with Crippen LogP contribution in [0.4, 0.5) is 0 Å². The number of para-hydroxylation sites is 1. The zero-order valence-corrected chi connectivity index (χ0v) is 16.4. The molecule has 4 rings (SSSR count). The van der Waals surface area contributed by atoms with Crippen LogP contribution in [0.5, 0.6) is 5.75 Å². The molecule has 6 nitrogen and oxygen atoms in total. The van der Waals surface area contributed by atoms with Crippen molar-refractivity contribution in [3.63, 3.8) is 0 Å². The molecule has 0 aliphatic carbocycles. The van der Waals surface area contributed by atoms with Crippen LogP contribution in [0.15, 0.2) is 42.7 Å². The molecule has 7 heteroatoms. The standard InChI is InChI=1S/C20H25N3O3S/c1-26-20-5-3-2-4-17(20)13-22-9-6-16(7-10-22)18-12-21-23(14-18)19-8-11-27(24,25)15-19/h2-6,12,14,19H,7-11,13,15H2,1H3/t19-/m0/s1. The minimum Gasteiger partial charge on any atom is -0.496 e. The molecule has 2 aliphatic rings. The summed E-state index contributed by atoms with van der Waals surface area (Å²) in [5, 5.41) is 4.43. The molecule has 0 radical (unpaired) electrons. The van der Waals surface area contributed by atoms with E-state index in [0.717, 1.165) is 37.4 Å². The Morgan fingerprint density at radius 1 is 1.30 bits per heavy atom. The van der Waals surface area contributed by atoms with Gasteiger partial charge in [-0.15, -0.1) is 0 Å². The zero-order chi connectivity index (χ0) is 18.9. The number of benzene rings is 1. The first-order valence-electron chi connectivity index (χ1n) is 9.32. The first kappa shape index (κ1) is 18.3. The average molecular weight is 388 g/mol. The van der Waals surface area contributed by atoms with Gasteiger partial charge in [-0.25, -0.2) is 8.42 Å². The number of hydrogen-bond donors (Lipinski definition) is 0. The minimum absolute atomic E-state index is 0.0185. The van der Waals surface area contributed by atoms with E-state index in [1.54, 1.807) is 7.11 Å². The normalized spacial score (nSPS) is 22.6. The maximum absolute atomic E-state index is 11.7. The molecular formula is C20H25N3O3S. The maximum atomic E-state index is 11.7. The predicted molar refractivity (Wildman–Crippen MR) is 105 cm³/mol. The lowest BCUT2D eigenvalue weighted by atomic mass is 10.0. The molecule has 0 N–H and O–H groups in total. The second kappa shape index (κ2) is 7.48. The van der Waals surface area contributed by atoms with Gasteiger partial charge in [-0.3, -0.25) is 9.58 Å². The van der Waals surface area contributed by atoms with Gasteiger partial charge in [0.1, 0.15) is 5.75 Å². The lowest BCUT2D eigenvalue weighted by molar-refractivity contribution is 0.287. The molecule has 144 valence electrons. The van der Waals surface area contributed by atoms with Gasteiger partial charge in [0, 0.05) is 37.0 Å². The van der Waals surface area contributed by atoms with E-state index in [2.05, 4.69) is 22.1 Å². The molecule has 1 fully saturated rings. The second-order valence-corrected chi connectivity index (χ2v) is 9.52. The van der Waals surface area contributed by atoms with Gasteiger partial charge in [0.2, 0.25) is 0 Å². The quantitative estimate of drug-likeness (QED) is 0.789. The van der Waals surface area contributed by atoms with Crippen LogP contribution in [0.1, 0.15) is 30.0 Å². The summed E-state index contributed by atoms with van der Waals surface area (Å²) in [6, 6.07) is 8.12. The van der Waals surface area contributed by atoms with Crippen molar-refractivity contribution in [2.75, 3.05) is 31.7 Å². The lowest BCUT2D eigenvalue weighted by Crippen LogP contribution is -2.28. The molecule has 1 aromatic carbocycles. The molecule has 1 saturated heterocycles. The van der Waals surface area contributed by atoms with E-state index < -0.39 is 9.84 Å². The van der Waals surface area contributed by atoms with E-state index in [-0.39, 0.29) is 17.5 Å². The van der Waals surface area contributed by atoms with Gasteiger partial charge in [0.25, 0.3) is 0 Å². The number of nitrogens with zero attached hydrogens (tertiary/aromatic N) is 3. The molecule has 0 amide bonds. The highest BCUT2D eigenvalue weighted by atomic mass is 32.2. The maximum Gasteiger partial charge on any atom is 0.152 e. The summed E-state index contributed by atoms with van der Waals surface area (Å²) in [5.74, 6) is 1.41. The van der Waals surface area contributed by atoms with E-state index in [0.29, 0.717) is 6.42 Å². The summed E-state index contributed by atoms with van der Waals surface area (Å²) >= 11 is 0. The minimum atomic E-state index is -2.89. The lowest BCUT2D eigenvalue weighted by Gasteiger charge is -2.26. The average Bonchev–Trinajstić information content (AvgIpc) is 3.29. The van der Waals surface area contributed by atoms with Crippen molar-refractivity contribution in [2.24, 2.45) is 0 Å². The third-order valence-electron chi connectivity index (χ3n) is 5.43. The van der Waals surface area contributed by atoms with Crippen LogP contribution in [-0.2, 0) is 16.4 Å². The molecule has 0 saturated carbocycles. The molecule has 2 aliphatic heterocycles. The molecule has 0 unspecified atom stereocenters. The van der Waals surface area contributed by atoms with Crippen LogP contribution in [0.3, 0.4) is 0 Å². The first-order valence-corrected chi connectivity index (χ1v) is 11.1. The van der Waals surface area contributed by atoms with Crippen LogP contribution >= 0.6 is 0 Å². The fourth-order valence-electron chi connectivity index (χ4n) is 3.88. The van der Waals surface area contributed by atoms with Crippen LogP contribution in [0.2, 0.25) is 0 Å². The molecule has 1 aromatic heterocycles. The van der Waals surface area contributed by atoms with Gasteiger partial charge in [0.15, 0.2) is 9.84 Å². The van der Waals surface area contributed by atoms with E-state index in [1.807, 2.05) is 35.3 Å². The molecule has 1 atom stereocenters. The summed E-state index contributed by atoms with van der Waals surface area (Å²) in [5.41, 5.74) is 3.60. The van der Waals surface area contributed by atoms with Crippen LogP contribution in [-0.4, -0.2) is 54.8 Å². The van der Waals surface area contributed by atoms with E-state index in [9.17, 15) is 8.42 Å². The van der Waals surface area contributed by atoms with Crippen molar-refractivity contribution in [1.82, 2.24) is 14.7 Å². The van der Waals surface area contributed by atoms with E-state index in [1.165, 1.54) is 11.1 Å². The number of ether oxygens (including phenoxy) is 1. The zero-order valence-electron chi connectivity index (χ0n) is 15.5. The van der Waals surface area contributed by atoms with Crippen molar-refractivity contribution in [3.8, 4) is 5.75 Å². The van der Waals surface area contributed by atoms with Gasteiger partial charge in [-0.1, -0.05) is 24.3 Å². The molecule has 0 spiro atoms. The molecule has 0 bridgehead atoms. The van der Waals surface area contributed by atoms with Crippen molar-refractivity contribution in [2.45, 2.75) is 25.4 Å².